The number of hydrogen-bond acceptors (Lipinski definition) is 5. The van der Waals surface area contributed by atoms with Gasteiger partial charge in [0.1, 0.15) is 13.2 Å². The van der Waals surface area contributed by atoms with Gasteiger partial charge in [-0.15, -0.1) is 0 Å². The Morgan fingerprint density at radius 1 is 1.06 bits per heavy atom. The minimum absolute atomic E-state index is 0.124. The summed E-state index contributed by atoms with van der Waals surface area (Å²) in [5.74, 6) is 1.36. The molecule has 2 N–H and O–H groups in total. The van der Waals surface area contributed by atoms with Gasteiger partial charge in [-0.1, -0.05) is 30.3 Å². The van der Waals surface area contributed by atoms with E-state index in [0.29, 0.717) is 48.5 Å². The third-order valence-corrected chi connectivity index (χ3v) is 5.98. The van der Waals surface area contributed by atoms with Gasteiger partial charge in [0.05, 0.1) is 12.1 Å². The summed E-state index contributed by atoms with van der Waals surface area (Å²) < 4.78 is 11.3. The van der Waals surface area contributed by atoms with Crippen LogP contribution in [0.25, 0.3) is 10.9 Å². The number of aromatic amines is 1. The van der Waals surface area contributed by atoms with E-state index in [0.717, 1.165) is 30.4 Å². The van der Waals surface area contributed by atoms with Crippen LogP contribution in [0.5, 0.6) is 11.5 Å². The zero-order valence-electron chi connectivity index (χ0n) is 19.1. The number of rotatable bonds is 8. The van der Waals surface area contributed by atoms with Crippen molar-refractivity contribution in [2.75, 3.05) is 46.9 Å². The van der Waals surface area contributed by atoms with Crippen molar-refractivity contribution in [1.82, 2.24) is 20.1 Å². The predicted molar refractivity (Wildman–Crippen MR) is 135 cm³/mol. The first-order chi connectivity index (χ1) is 16.0. The SMILES string of the molecule is CN(C)CCN(Cc1cc2cc3c(cc2[nH]c1=O)OCCO3)C(=S)NCCc1ccccc1. The Hall–Kier alpha value is -3.10. The molecule has 2 aromatic carbocycles. The van der Waals surface area contributed by atoms with Crippen molar-refractivity contribution in [3.8, 4) is 11.5 Å². The minimum Gasteiger partial charge on any atom is -0.486 e. The number of pyridine rings is 1. The second-order valence-electron chi connectivity index (χ2n) is 8.40. The van der Waals surface area contributed by atoms with E-state index in [1.807, 2.05) is 50.5 Å². The molecule has 0 unspecified atom stereocenters. The number of nitrogens with zero attached hydrogens (tertiary/aromatic N) is 2. The Morgan fingerprint density at radius 2 is 1.79 bits per heavy atom. The monoisotopic (exact) mass is 466 g/mol. The number of likely N-dealkylation sites (N-methyl/N-ethyl adjacent to an activating group) is 1. The van der Waals surface area contributed by atoms with Gasteiger partial charge in [-0.25, -0.2) is 0 Å². The first-order valence-electron chi connectivity index (χ1n) is 11.2. The molecule has 0 atom stereocenters. The maximum absolute atomic E-state index is 12.9. The summed E-state index contributed by atoms with van der Waals surface area (Å²) in [7, 11) is 4.05. The van der Waals surface area contributed by atoms with Crippen LogP contribution < -0.4 is 20.3 Å². The summed E-state index contributed by atoms with van der Waals surface area (Å²) in [6.45, 7) is 3.73. The molecule has 0 saturated carbocycles. The molecule has 0 fully saturated rings. The Balaban J connectivity index is 1.50. The largest absolute Gasteiger partial charge is 0.486 e. The fourth-order valence-electron chi connectivity index (χ4n) is 3.75. The van der Waals surface area contributed by atoms with Crippen LogP contribution >= 0.6 is 12.2 Å². The lowest BCUT2D eigenvalue weighted by molar-refractivity contribution is 0.172. The first-order valence-corrected chi connectivity index (χ1v) is 11.6. The number of ether oxygens (including phenoxy) is 2. The Morgan fingerprint density at radius 3 is 2.52 bits per heavy atom. The normalized spacial score (nSPS) is 12.7. The fourth-order valence-corrected chi connectivity index (χ4v) is 4.01. The topological polar surface area (TPSA) is 69.8 Å². The number of benzene rings is 2. The van der Waals surface area contributed by atoms with Crippen LogP contribution in [0.15, 0.2) is 53.3 Å². The van der Waals surface area contributed by atoms with E-state index >= 15 is 0 Å². The highest BCUT2D eigenvalue weighted by atomic mass is 32.1. The van der Waals surface area contributed by atoms with Gasteiger partial charge in [-0.3, -0.25) is 4.79 Å². The lowest BCUT2D eigenvalue weighted by Gasteiger charge is -2.27. The van der Waals surface area contributed by atoms with E-state index < -0.39 is 0 Å². The number of nitrogens with one attached hydrogen (secondary N) is 2. The molecular weight excluding hydrogens is 436 g/mol. The quantitative estimate of drug-likeness (QED) is 0.495. The minimum atomic E-state index is -0.124. The Bertz CT molecular complexity index is 1160. The van der Waals surface area contributed by atoms with Gasteiger partial charge in [0.25, 0.3) is 5.56 Å². The number of H-pyrrole nitrogens is 1. The molecule has 0 amide bonds. The smallest absolute Gasteiger partial charge is 0.253 e. The lowest BCUT2D eigenvalue weighted by Crippen LogP contribution is -2.43. The summed E-state index contributed by atoms with van der Waals surface area (Å²) in [6, 6.07) is 16.0. The van der Waals surface area contributed by atoms with Crippen LogP contribution in [-0.2, 0) is 13.0 Å². The Kier molecular flexibility index (Phi) is 7.47. The highest BCUT2D eigenvalue weighted by Crippen LogP contribution is 2.33. The van der Waals surface area contributed by atoms with Crippen LogP contribution in [0.2, 0.25) is 0 Å². The van der Waals surface area contributed by atoms with Crippen LogP contribution in [0.4, 0.5) is 0 Å². The van der Waals surface area contributed by atoms with Crippen molar-refractivity contribution in [1.29, 1.82) is 0 Å². The molecule has 1 aromatic heterocycles. The molecule has 2 heterocycles. The average Bonchev–Trinajstić information content (AvgIpc) is 2.81. The van der Waals surface area contributed by atoms with E-state index in [1.54, 1.807) is 0 Å². The second kappa shape index (κ2) is 10.7. The van der Waals surface area contributed by atoms with Crippen LogP contribution in [0, 0.1) is 0 Å². The van der Waals surface area contributed by atoms with Crippen molar-refractivity contribution in [3.05, 3.63) is 70.0 Å². The van der Waals surface area contributed by atoms with Crippen LogP contribution in [0.3, 0.4) is 0 Å². The zero-order chi connectivity index (χ0) is 23.2. The van der Waals surface area contributed by atoms with Crippen molar-refractivity contribution in [2.45, 2.75) is 13.0 Å². The van der Waals surface area contributed by atoms with Crippen molar-refractivity contribution >= 4 is 28.2 Å². The molecule has 1 aliphatic heterocycles. The standard InChI is InChI=1S/C25H30N4O3S/c1-28(2)10-11-29(25(33)26-9-8-18-6-4-3-5-7-18)17-20-14-19-15-22-23(32-13-12-31-22)16-21(19)27-24(20)30/h3-7,14-16H,8-13,17H2,1-2H3,(H,26,33)(H,27,30). The molecular formula is C25H30N4O3S. The van der Waals surface area contributed by atoms with E-state index in [2.05, 4.69) is 32.2 Å². The molecule has 0 bridgehead atoms. The summed E-state index contributed by atoms with van der Waals surface area (Å²) in [4.78, 5) is 20.0. The molecule has 0 saturated heterocycles. The molecule has 0 radical (unpaired) electrons. The number of aromatic nitrogens is 1. The predicted octanol–water partition coefficient (Wildman–Crippen LogP) is 2.78. The molecule has 7 nitrogen and oxygen atoms in total. The highest BCUT2D eigenvalue weighted by molar-refractivity contribution is 7.80. The second-order valence-corrected chi connectivity index (χ2v) is 8.79. The van der Waals surface area contributed by atoms with E-state index in [-0.39, 0.29) is 5.56 Å². The van der Waals surface area contributed by atoms with Crippen molar-refractivity contribution in [3.63, 3.8) is 0 Å². The molecule has 0 spiro atoms. The molecule has 4 rings (SSSR count). The summed E-state index contributed by atoms with van der Waals surface area (Å²) in [5, 5.41) is 4.92. The van der Waals surface area contributed by atoms with E-state index in [4.69, 9.17) is 21.7 Å². The first kappa shape index (κ1) is 23.1. The van der Waals surface area contributed by atoms with Gasteiger partial charge < -0.3 is 29.6 Å². The molecule has 0 aliphatic carbocycles. The van der Waals surface area contributed by atoms with Gasteiger partial charge in [-0.05, 0) is 50.4 Å². The van der Waals surface area contributed by atoms with Gasteiger partial charge in [0, 0.05) is 36.7 Å². The molecule has 174 valence electrons. The zero-order valence-corrected chi connectivity index (χ0v) is 19.9. The van der Waals surface area contributed by atoms with Gasteiger partial charge in [0.2, 0.25) is 0 Å². The highest BCUT2D eigenvalue weighted by Gasteiger charge is 2.16. The number of thiocarbonyl (C=S) groups is 1. The number of hydrogen-bond donors (Lipinski definition) is 2. The van der Waals surface area contributed by atoms with E-state index in [1.165, 1.54) is 5.56 Å². The third-order valence-electron chi connectivity index (χ3n) is 5.58. The average molecular weight is 467 g/mol. The summed E-state index contributed by atoms with van der Waals surface area (Å²) in [6.07, 6.45) is 0.881. The fraction of sp³-hybridized carbons (Fsp3) is 0.360. The van der Waals surface area contributed by atoms with Crippen LogP contribution in [-0.4, -0.2) is 66.8 Å². The van der Waals surface area contributed by atoms with Crippen molar-refractivity contribution < 1.29 is 9.47 Å². The summed E-state index contributed by atoms with van der Waals surface area (Å²) in [5.41, 5.74) is 2.52. The maximum atomic E-state index is 12.9. The van der Waals surface area contributed by atoms with Gasteiger partial charge in [-0.2, -0.15) is 0 Å². The third kappa shape index (κ3) is 6.03. The van der Waals surface area contributed by atoms with Crippen LogP contribution in [0.1, 0.15) is 11.1 Å². The van der Waals surface area contributed by atoms with E-state index in [9.17, 15) is 4.79 Å². The summed E-state index contributed by atoms with van der Waals surface area (Å²) >= 11 is 5.71. The van der Waals surface area contributed by atoms with Crippen molar-refractivity contribution in [2.24, 2.45) is 0 Å². The molecule has 8 heteroatoms. The molecule has 33 heavy (non-hydrogen) atoms. The maximum Gasteiger partial charge on any atom is 0.253 e. The van der Waals surface area contributed by atoms with Gasteiger partial charge >= 0.3 is 0 Å². The number of fused-ring (bicyclic) bond motifs is 2. The lowest BCUT2D eigenvalue weighted by atomic mass is 10.1. The molecule has 3 aromatic rings. The Labute approximate surface area is 199 Å². The molecule has 1 aliphatic rings. The van der Waals surface area contributed by atoms with Gasteiger partial charge in [0.15, 0.2) is 16.6 Å².